The fourth-order valence-electron chi connectivity index (χ4n) is 1.90. The van der Waals surface area contributed by atoms with E-state index in [9.17, 15) is 12.8 Å². The monoisotopic (exact) mass is 313 g/mol. The van der Waals surface area contributed by atoms with E-state index in [2.05, 4.69) is 5.16 Å². The molecule has 0 aliphatic carbocycles. The Kier molecular flexibility index (Phi) is 4.02. The van der Waals surface area contributed by atoms with Crippen molar-refractivity contribution in [2.24, 2.45) is 0 Å². The first-order valence-electron chi connectivity index (χ1n) is 6.16. The predicted octanol–water partition coefficient (Wildman–Crippen LogP) is 1.83. The van der Waals surface area contributed by atoms with Gasteiger partial charge in [0.05, 0.1) is 22.8 Å². The minimum absolute atomic E-state index is 0.0516. The minimum atomic E-state index is -3.78. The van der Waals surface area contributed by atoms with Gasteiger partial charge >= 0.3 is 0 Å². The second kappa shape index (κ2) is 5.45. The normalized spacial score (nSPS) is 12.0. The molecule has 2 aromatic rings. The van der Waals surface area contributed by atoms with Gasteiger partial charge in [-0.3, -0.25) is 0 Å². The van der Waals surface area contributed by atoms with Gasteiger partial charge in [-0.05, 0) is 31.5 Å². The van der Waals surface area contributed by atoms with Crippen LogP contribution in [0.15, 0.2) is 27.6 Å². The maximum atomic E-state index is 13.5. The van der Waals surface area contributed by atoms with E-state index in [4.69, 9.17) is 10.3 Å². The molecule has 0 unspecified atom stereocenters. The SMILES string of the molecule is Cc1cc(CN(C)S(=O)(=O)c2cc(C)c(F)c(N)c2)no1. The van der Waals surface area contributed by atoms with Crippen LogP contribution in [0.3, 0.4) is 0 Å². The topological polar surface area (TPSA) is 89.4 Å². The summed E-state index contributed by atoms with van der Waals surface area (Å²) >= 11 is 0. The largest absolute Gasteiger partial charge is 0.396 e. The van der Waals surface area contributed by atoms with Gasteiger partial charge in [0.2, 0.25) is 10.0 Å². The van der Waals surface area contributed by atoms with Crippen molar-refractivity contribution >= 4 is 15.7 Å². The molecular weight excluding hydrogens is 297 g/mol. The van der Waals surface area contributed by atoms with Crippen LogP contribution in [0.2, 0.25) is 0 Å². The molecule has 1 aromatic heterocycles. The molecule has 2 N–H and O–H groups in total. The molecule has 8 heteroatoms. The summed E-state index contributed by atoms with van der Waals surface area (Å²) in [6, 6.07) is 4.02. The highest BCUT2D eigenvalue weighted by Gasteiger charge is 2.23. The first kappa shape index (κ1) is 15.5. The van der Waals surface area contributed by atoms with Crippen LogP contribution in [0, 0.1) is 19.7 Å². The Bertz CT molecular complexity index is 748. The number of sulfonamides is 1. The summed E-state index contributed by atoms with van der Waals surface area (Å²) in [5.74, 6) is -0.0126. The molecule has 1 aromatic carbocycles. The van der Waals surface area contributed by atoms with Crippen molar-refractivity contribution in [3.8, 4) is 0 Å². The molecule has 0 fully saturated rings. The van der Waals surface area contributed by atoms with Gasteiger partial charge in [0.25, 0.3) is 0 Å². The third-order valence-corrected chi connectivity index (χ3v) is 4.81. The van der Waals surface area contributed by atoms with Gasteiger partial charge in [0, 0.05) is 13.1 Å². The van der Waals surface area contributed by atoms with Crippen LogP contribution < -0.4 is 5.73 Å². The Morgan fingerprint density at radius 1 is 1.33 bits per heavy atom. The zero-order chi connectivity index (χ0) is 15.8. The van der Waals surface area contributed by atoms with Gasteiger partial charge in [-0.25, -0.2) is 12.8 Å². The first-order valence-corrected chi connectivity index (χ1v) is 7.60. The highest BCUT2D eigenvalue weighted by Crippen LogP contribution is 2.23. The number of halogens is 1. The van der Waals surface area contributed by atoms with Gasteiger partial charge in [0.1, 0.15) is 11.6 Å². The lowest BCUT2D eigenvalue weighted by Gasteiger charge is -2.16. The lowest BCUT2D eigenvalue weighted by Crippen LogP contribution is -2.27. The lowest BCUT2D eigenvalue weighted by atomic mass is 10.2. The highest BCUT2D eigenvalue weighted by atomic mass is 32.2. The first-order chi connectivity index (χ1) is 9.71. The fraction of sp³-hybridized carbons (Fsp3) is 0.308. The van der Waals surface area contributed by atoms with Gasteiger partial charge in [-0.15, -0.1) is 0 Å². The molecule has 114 valence electrons. The van der Waals surface area contributed by atoms with E-state index in [0.717, 1.165) is 10.4 Å². The van der Waals surface area contributed by atoms with Gasteiger partial charge in [0.15, 0.2) is 0 Å². The number of nitrogens with zero attached hydrogens (tertiary/aromatic N) is 2. The zero-order valence-corrected chi connectivity index (χ0v) is 12.7. The summed E-state index contributed by atoms with van der Waals surface area (Å²) in [4.78, 5) is -0.0541. The van der Waals surface area contributed by atoms with E-state index in [1.54, 1.807) is 13.0 Å². The number of hydrogen-bond acceptors (Lipinski definition) is 5. The predicted molar refractivity (Wildman–Crippen MR) is 75.4 cm³/mol. The summed E-state index contributed by atoms with van der Waals surface area (Å²) in [6.07, 6.45) is 0. The molecule has 0 amide bonds. The number of anilines is 1. The van der Waals surface area contributed by atoms with Crippen LogP contribution >= 0.6 is 0 Å². The van der Waals surface area contributed by atoms with Crippen molar-refractivity contribution in [1.29, 1.82) is 0 Å². The van der Waals surface area contributed by atoms with Crippen molar-refractivity contribution in [2.45, 2.75) is 25.3 Å². The Hall–Kier alpha value is -1.93. The number of nitrogens with two attached hydrogens (primary N) is 1. The van der Waals surface area contributed by atoms with Crippen molar-refractivity contribution in [1.82, 2.24) is 9.46 Å². The van der Waals surface area contributed by atoms with Crippen molar-refractivity contribution in [3.63, 3.8) is 0 Å². The van der Waals surface area contributed by atoms with E-state index in [-0.39, 0.29) is 22.7 Å². The number of aryl methyl sites for hydroxylation is 2. The van der Waals surface area contributed by atoms with E-state index in [1.807, 2.05) is 0 Å². The molecule has 21 heavy (non-hydrogen) atoms. The Balaban J connectivity index is 2.33. The van der Waals surface area contributed by atoms with Crippen molar-refractivity contribution in [2.75, 3.05) is 12.8 Å². The Labute approximate surface area is 122 Å². The number of benzene rings is 1. The van der Waals surface area contributed by atoms with Gasteiger partial charge in [-0.1, -0.05) is 5.16 Å². The molecule has 1 heterocycles. The maximum Gasteiger partial charge on any atom is 0.243 e. The van der Waals surface area contributed by atoms with E-state index in [1.165, 1.54) is 20.0 Å². The van der Waals surface area contributed by atoms with Gasteiger partial charge < -0.3 is 10.3 Å². The van der Waals surface area contributed by atoms with Crippen LogP contribution in [-0.2, 0) is 16.6 Å². The van der Waals surface area contributed by atoms with Crippen LogP contribution in [0.4, 0.5) is 10.1 Å². The van der Waals surface area contributed by atoms with Crippen LogP contribution in [0.25, 0.3) is 0 Å². The summed E-state index contributed by atoms with van der Waals surface area (Å²) < 4.78 is 44.4. The quantitative estimate of drug-likeness (QED) is 0.870. The minimum Gasteiger partial charge on any atom is -0.396 e. The molecule has 0 bridgehead atoms. The standard InChI is InChI=1S/C13H16FN3O3S/c1-8-4-11(6-12(15)13(8)14)21(18,19)17(3)7-10-5-9(2)20-16-10/h4-6H,7,15H2,1-3H3. The van der Waals surface area contributed by atoms with Crippen molar-refractivity contribution < 1.29 is 17.3 Å². The molecule has 0 atom stereocenters. The summed E-state index contributed by atoms with van der Waals surface area (Å²) in [7, 11) is -2.37. The molecule has 6 nitrogen and oxygen atoms in total. The zero-order valence-electron chi connectivity index (χ0n) is 11.9. The third-order valence-electron chi connectivity index (χ3n) is 3.03. The van der Waals surface area contributed by atoms with E-state index in [0.29, 0.717) is 11.5 Å². The summed E-state index contributed by atoms with van der Waals surface area (Å²) in [5, 5.41) is 3.75. The molecule has 0 saturated heterocycles. The molecule has 0 spiro atoms. The number of nitrogen functional groups attached to an aromatic ring is 1. The summed E-state index contributed by atoms with van der Waals surface area (Å²) in [5.41, 5.74) is 5.96. The molecule has 0 aliphatic heterocycles. The maximum absolute atomic E-state index is 13.5. The lowest BCUT2D eigenvalue weighted by molar-refractivity contribution is 0.378. The second-order valence-electron chi connectivity index (χ2n) is 4.83. The van der Waals surface area contributed by atoms with Crippen LogP contribution in [-0.4, -0.2) is 24.9 Å². The second-order valence-corrected chi connectivity index (χ2v) is 6.88. The summed E-state index contributed by atoms with van der Waals surface area (Å²) in [6.45, 7) is 3.23. The average Bonchev–Trinajstić information content (AvgIpc) is 2.80. The van der Waals surface area contributed by atoms with Crippen LogP contribution in [0.1, 0.15) is 17.0 Å². The average molecular weight is 313 g/mol. The number of rotatable bonds is 4. The van der Waals surface area contributed by atoms with E-state index >= 15 is 0 Å². The number of hydrogen-bond donors (Lipinski definition) is 1. The molecule has 0 radical (unpaired) electrons. The number of aromatic nitrogens is 1. The molecule has 0 saturated carbocycles. The van der Waals surface area contributed by atoms with E-state index < -0.39 is 15.8 Å². The smallest absolute Gasteiger partial charge is 0.243 e. The third kappa shape index (κ3) is 3.06. The fourth-order valence-corrected chi connectivity index (χ4v) is 3.16. The Morgan fingerprint density at radius 3 is 2.52 bits per heavy atom. The molecule has 0 aliphatic rings. The van der Waals surface area contributed by atoms with Crippen molar-refractivity contribution in [3.05, 3.63) is 41.0 Å². The Morgan fingerprint density at radius 2 is 2.00 bits per heavy atom. The molecular formula is C13H16FN3O3S. The van der Waals surface area contributed by atoms with Crippen LogP contribution in [0.5, 0.6) is 0 Å². The highest BCUT2D eigenvalue weighted by molar-refractivity contribution is 7.89. The molecule has 2 rings (SSSR count). The van der Waals surface area contributed by atoms with Gasteiger partial charge in [-0.2, -0.15) is 4.31 Å².